The van der Waals surface area contributed by atoms with Gasteiger partial charge in [-0.25, -0.2) is 0 Å². The number of hydrogen-bond donors (Lipinski definition) is 0. The van der Waals surface area contributed by atoms with E-state index < -0.39 is 0 Å². The zero-order valence-corrected chi connectivity index (χ0v) is 18.9. The third-order valence-corrected chi connectivity index (χ3v) is 6.33. The first kappa shape index (κ1) is 25.5. The average molecular weight is 437 g/mol. The summed E-state index contributed by atoms with van der Waals surface area (Å²) in [6.45, 7) is 10.1. The van der Waals surface area contributed by atoms with Gasteiger partial charge in [0.15, 0.2) is 0 Å². The van der Waals surface area contributed by atoms with Gasteiger partial charge in [0.05, 0.1) is 6.04 Å². The molecule has 0 spiro atoms. The molecule has 3 aliphatic heterocycles. The molecule has 2 amide bonds. The summed E-state index contributed by atoms with van der Waals surface area (Å²) in [7, 11) is 0. The molecule has 3 rings (SSSR count). The summed E-state index contributed by atoms with van der Waals surface area (Å²) in [5, 5.41) is 0. The fourth-order valence-corrected chi connectivity index (χ4v) is 4.50. The van der Waals surface area contributed by atoms with Gasteiger partial charge in [0.25, 0.3) is 0 Å². The van der Waals surface area contributed by atoms with Crippen LogP contribution in [0.25, 0.3) is 0 Å². The van der Waals surface area contributed by atoms with Crippen molar-refractivity contribution in [2.75, 3.05) is 58.9 Å². The summed E-state index contributed by atoms with van der Waals surface area (Å²) in [6.07, 6.45) is 8.19. The lowest BCUT2D eigenvalue weighted by atomic mass is 10.1. The summed E-state index contributed by atoms with van der Waals surface area (Å²) in [5.41, 5.74) is 0. The van der Waals surface area contributed by atoms with E-state index in [1.54, 1.807) is 0 Å². The van der Waals surface area contributed by atoms with Crippen molar-refractivity contribution in [2.24, 2.45) is 0 Å². The minimum absolute atomic E-state index is 0. The number of piperidine rings is 2. The quantitative estimate of drug-likeness (QED) is 0.662. The molecule has 0 aliphatic carbocycles. The Morgan fingerprint density at radius 1 is 0.714 bits per heavy atom. The van der Waals surface area contributed by atoms with Gasteiger partial charge in [0.2, 0.25) is 11.8 Å². The number of carbonyl (C=O) groups excluding carboxylic acids is 2. The van der Waals surface area contributed by atoms with Crippen LogP contribution in [0.3, 0.4) is 0 Å². The Balaban J connectivity index is 0.00000196. The zero-order chi connectivity index (χ0) is 18.4. The molecule has 0 radical (unpaired) electrons. The summed E-state index contributed by atoms with van der Waals surface area (Å²) in [5.74, 6) is 0.499. The summed E-state index contributed by atoms with van der Waals surface area (Å²) in [6, 6.07) is -0.0170. The average Bonchev–Trinajstić information content (AvgIpc) is 2.72. The molecule has 28 heavy (non-hydrogen) atoms. The van der Waals surface area contributed by atoms with Crippen LogP contribution in [0.1, 0.15) is 51.9 Å². The topological polar surface area (TPSA) is 47.1 Å². The molecular formula is C20H38Cl2N4O2. The van der Waals surface area contributed by atoms with Gasteiger partial charge in [-0.05, 0) is 58.8 Å². The van der Waals surface area contributed by atoms with Crippen molar-refractivity contribution in [3.63, 3.8) is 0 Å². The lowest BCUT2D eigenvalue weighted by Crippen LogP contribution is -2.55. The van der Waals surface area contributed by atoms with Crippen LogP contribution in [0.15, 0.2) is 0 Å². The Morgan fingerprint density at radius 3 is 1.79 bits per heavy atom. The molecule has 6 nitrogen and oxygen atoms in total. The Labute approximate surface area is 182 Å². The third-order valence-electron chi connectivity index (χ3n) is 6.33. The molecule has 0 bridgehead atoms. The van der Waals surface area contributed by atoms with Gasteiger partial charge in [-0.2, -0.15) is 0 Å². The Morgan fingerprint density at radius 2 is 1.21 bits per heavy atom. The number of amides is 2. The molecule has 8 heteroatoms. The predicted octanol–water partition coefficient (Wildman–Crippen LogP) is 2.25. The molecule has 3 fully saturated rings. The van der Waals surface area contributed by atoms with Gasteiger partial charge >= 0.3 is 0 Å². The first-order valence-corrected chi connectivity index (χ1v) is 10.7. The molecule has 0 aromatic carbocycles. The first-order valence-electron chi connectivity index (χ1n) is 10.7. The van der Waals surface area contributed by atoms with Crippen LogP contribution < -0.4 is 0 Å². The number of piperazine rings is 1. The van der Waals surface area contributed by atoms with Crippen molar-refractivity contribution >= 4 is 36.6 Å². The lowest BCUT2D eigenvalue weighted by molar-refractivity contribution is -0.143. The van der Waals surface area contributed by atoms with Gasteiger partial charge in [-0.15, -0.1) is 24.8 Å². The van der Waals surface area contributed by atoms with Crippen LogP contribution in [0.4, 0.5) is 0 Å². The van der Waals surface area contributed by atoms with Crippen molar-refractivity contribution in [1.29, 1.82) is 0 Å². The van der Waals surface area contributed by atoms with E-state index in [4.69, 9.17) is 0 Å². The molecule has 164 valence electrons. The van der Waals surface area contributed by atoms with E-state index in [1.807, 2.05) is 16.7 Å². The summed E-state index contributed by atoms with van der Waals surface area (Å²) in [4.78, 5) is 33.9. The number of halogens is 2. The molecular weight excluding hydrogens is 399 g/mol. The van der Waals surface area contributed by atoms with Crippen LogP contribution in [-0.4, -0.2) is 96.4 Å². The van der Waals surface area contributed by atoms with Crippen LogP contribution in [0, 0.1) is 0 Å². The molecule has 0 aromatic rings. The van der Waals surface area contributed by atoms with E-state index in [1.165, 1.54) is 38.5 Å². The standard InChI is InChI=1S/C20H36N4O2.2ClH/c1-18(22-11-6-3-7-12-22)20(26)24-16-14-23(15-17-24)19(25)8-13-21-9-4-2-5-10-21;;/h18H,2-17H2,1H3;2*1H. The van der Waals surface area contributed by atoms with E-state index in [-0.39, 0.29) is 42.7 Å². The maximum Gasteiger partial charge on any atom is 0.239 e. The monoisotopic (exact) mass is 436 g/mol. The summed E-state index contributed by atoms with van der Waals surface area (Å²) >= 11 is 0. The smallest absolute Gasteiger partial charge is 0.239 e. The number of rotatable bonds is 5. The van der Waals surface area contributed by atoms with Crippen molar-refractivity contribution in [1.82, 2.24) is 19.6 Å². The minimum Gasteiger partial charge on any atom is -0.339 e. The van der Waals surface area contributed by atoms with Gasteiger partial charge in [-0.1, -0.05) is 12.8 Å². The van der Waals surface area contributed by atoms with Crippen LogP contribution >= 0.6 is 24.8 Å². The number of nitrogens with zero attached hydrogens (tertiary/aromatic N) is 4. The minimum atomic E-state index is -0.0170. The number of likely N-dealkylation sites (tertiary alicyclic amines) is 2. The Hall–Kier alpha value is -0.560. The first-order chi connectivity index (χ1) is 12.6. The highest BCUT2D eigenvalue weighted by Crippen LogP contribution is 2.15. The molecule has 3 saturated heterocycles. The fourth-order valence-electron chi connectivity index (χ4n) is 4.50. The van der Waals surface area contributed by atoms with Crippen LogP contribution in [-0.2, 0) is 9.59 Å². The second kappa shape index (κ2) is 12.9. The van der Waals surface area contributed by atoms with E-state index in [9.17, 15) is 9.59 Å². The van der Waals surface area contributed by atoms with Gasteiger partial charge < -0.3 is 14.7 Å². The highest BCUT2D eigenvalue weighted by molar-refractivity contribution is 5.85. The molecule has 3 aliphatic rings. The number of hydrogen-bond acceptors (Lipinski definition) is 4. The van der Waals surface area contributed by atoms with E-state index in [0.29, 0.717) is 32.6 Å². The highest BCUT2D eigenvalue weighted by Gasteiger charge is 2.30. The predicted molar refractivity (Wildman–Crippen MR) is 117 cm³/mol. The number of carbonyl (C=O) groups is 2. The summed E-state index contributed by atoms with van der Waals surface area (Å²) < 4.78 is 0. The van der Waals surface area contributed by atoms with Crippen molar-refractivity contribution < 1.29 is 9.59 Å². The SMILES string of the molecule is CC(C(=O)N1CCN(C(=O)CCN2CCCCC2)CC1)N1CCCCC1.Cl.Cl. The Kier molecular flexibility index (Phi) is 11.7. The molecule has 0 N–H and O–H groups in total. The highest BCUT2D eigenvalue weighted by atomic mass is 35.5. The maximum atomic E-state index is 12.8. The largest absolute Gasteiger partial charge is 0.339 e. The van der Waals surface area contributed by atoms with Gasteiger partial charge in [-0.3, -0.25) is 14.5 Å². The van der Waals surface area contributed by atoms with Gasteiger partial charge in [0, 0.05) is 39.1 Å². The molecule has 1 unspecified atom stereocenters. The van der Waals surface area contributed by atoms with Gasteiger partial charge in [0.1, 0.15) is 0 Å². The molecule has 0 aromatic heterocycles. The van der Waals surface area contributed by atoms with E-state index in [0.717, 1.165) is 32.7 Å². The van der Waals surface area contributed by atoms with Crippen LogP contribution in [0.2, 0.25) is 0 Å². The zero-order valence-electron chi connectivity index (χ0n) is 17.3. The molecule has 1 atom stereocenters. The normalized spacial score (nSPS) is 22.8. The third kappa shape index (κ3) is 7.05. The lowest BCUT2D eigenvalue weighted by Gasteiger charge is -2.39. The second-order valence-electron chi connectivity index (χ2n) is 8.13. The van der Waals surface area contributed by atoms with E-state index >= 15 is 0 Å². The maximum absolute atomic E-state index is 12.8. The van der Waals surface area contributed by atoms with Crippen molar-refractivity contribution in [3.8, 4) is 0 Å². The fraction of sp³-hybridized carbons (Fsp3) is 0.900. The molecule has 0 saturated carbocycles. The van der Waals surface area contributed by atoms with Crippen LogP contribution in [0.5, 0.6) is 0 Å². The Bertz CT molecular complexity index is 475. The second-order valence-corrected chi connectivity index (χ2v) is 8.13. The molecule has 3 heterocycles. The van der Waals surface area contributed by atoms with E-state index in [2.05, 4.69) is 9.80 Å². The van der Waals surface area contributed by atoms with Crippen molar-refractivity contribution in [3.05, 3.63) is 0 Å². The van der Waals surface area contributed by atoms with Crippen molar-refractivity contribution in [2.45, 2.75) is 57.9 Å².